The van der Waals surface area contributed by atoms with E-state index in [0.29, 0.717) is 0 Å². The number of Topliss-reactive ketones (excluding diaryl/α,β-unsaturated/α-hetero) is 1. The van der Waals surface area contributed by atoms with Crippen molar-refractivity contribution in [2.24, 2.45) is 5.92 Å². The van der Waals surface area contributed by atoms with Gasteiger partial charge in [-0.3, -0.25) is 9.59 Å². The van der Waals surface area contributed by atoms with E-state index in [9.17, 15) is 9.59 Å². The minimum Gasteiger partial charge on any atom is -0.481 e. The number of rotatable bonds is 3. The zero-order chi connectivity index (χ0) is 10.7. The van der Waals surface area contributed by atoms with Crippen molar-refractivity contribution in [1.29, 1.82) is 0 Å². The van der Waals surface area contributed by atoms with E-state index in [1.807, 2.05) is 0 Å². The zero-order valence-corrected chi connectivity index (χ0v) is 8.28. The minimum atomic E-state index is -1.14. The van der Waals surface area contributed by atoms with Crippen molar-refractivity contribution in [3.8, 4) is 0 Å². The van der Waals surface area contributed by atoms with Gasteiger partial charge in [0.1, 0.15) is 5.92 Å². The Bertz CT molecular complexity index is 373. The van der Waals surface area contributed by atoms with Gasteiger partial charge in [-0.25, -0.2) is 0 Å². The smallest absolute Gasteiger partial charge is 0.314 e. The highest BCUT2D eigenvalue weighted by molar-refractivity contribution is 6.34. The van der Waals surface area contributed by atoms with Crippen LogP contribution in [0.4, 0.5) is 0 Å². The number of halogens is 1. The Morgan fingerprint density at radius 3 is 2.43 bits per heavy atom. The van der Waals surface area contributed by atoms with E-state index in [1.54, 1.807) is 18.2 Å². The highest BCUT2D eigenvalue weighted by atomic mass is 35.5. The molecule has 0 aromatic heterocycles. The van der Waals surface area contributed by atoms with Crippen LogP contribution < -0.4 is 0 Å². The van der Waals surface area contributed by atoms with Gasteiger partial charge in [-0.15, -0.1) is 0 Å². The van der Waals surface area contributed by atoms with Crippen molar-refractivity contribution >= 4 is 23.4 Å². The molecule has 0 radical (unpaired) electrons. The molecule has 0 saturated heterocycles. The Morgan fingerprint density at radius 1 is 1.36 bits per heavy atom. The second kappa shape index (κ2) is 4.24. The van der Waals surface area contributed by atoms with Crippen LogP contribution in [0.2, 0.25) is 5.02 Å². The van der Waals surface area contributed by atoms with Crippen LogP contribution in [0.15, 0.2) is 24.3 Å². The summed E-state index contributed by atoms with van der Waals surface area (Å²) in [4.78, 5) is 22.1. The lowest BCUT2D eigenvalue weighted by molar-refractivity contribution is -0.139. The monoisotopic (exact) mass is 212 g/mol. The lowest BCUT2D eigenvalue weighted by Gasteiger charge is -2.06. The van der Waals surface area contributed by atoms with Gasteiger partial charge in [0.15, 0.2) is 5.78 Å². The fraction of sp³-hybridized carbons (Fsp3) is 0.200. The number of hydrogen-bond donors (Lipinski definition) is 1. The van der Waals surface area contributed by atoms with E-state index >= 15 is 0 Å². The molecule has 1 unspecified atom stereocenters. The summed E-state index contributed by atoms with van der Waals surface area (Å²) < 4.78 is 0. The summed E-state index contributed by atoms with van der Waals surface area (Å²) in [6.07, 6.45) is 0. The average molecular weight is 213 g/mol. The normalized spacial score (nSPS) is 12.1. The molecule has 0 aliphatic heterocycles. The molecule has 0 heterocycles. The van der Waals surface area contributed by atoms with Gasteiger partial charge in [0, 0.05) is 5.56 Å². The molecule has 0 aliphatic carbocycles. The fourth-order valence-corrected chi connectivity index (χ4v) is 1.24. The van der Waals surface area contributed by atoms with E-state index in [4.69, 9.17) is 16.7 Å². The van der Waals surface area contributed by atoms with Crippen molar-refractivity contribution < 1.29 is 14.7 Å². The van der Waals surface area contributed by atoms with E-state index in [-0.39, 0.29) is 10.6 Å². The third-order valence-electron chi connectivity index (χ3n) is 1.90. The molecule has 1 atom stereocenters. The van der Waals surface area contributed by atoms with Crippen LogP contribution in [0.1, 0.15) is 17.3 Å². The standard InChI is InChI=1S/C10H9ClO3/c1-6(10(13)14)9(12)7-4-2-3-5-8(7)11/h2-6H,1H3,(H,13,14). The molecule has 1 aromatic carbocycles. The van der Waals surface area contributed by atoms with Crippen LogP contribution in [0.5, 0.6) is 0 Å². The molecule has 0 aliphatic rings. The molecule has 74 valence electrons. The molecular formula is C10H9ClO3. The fourth-order valence-electron chi connectivity index (χ4n) is 1.01. The predicted octanol–water partition coefficient (Wildman–Crippen LogP) is 2.24. The van der Waals surface area contributed by atoms with Gasteiger partial charge in [0.25, 0.3) is 0 Å². The molecule has 0 fully saturated rings. The number of carboxylic acid groups (broad SMARTS) is 1. The maximum absolute atomic E-state index is 11.5. The second-order valence-corrected chi connectivity index (χ2v) is 3.31. The molecule has 1 aromatic rings. The summed E-state index contributed by atoms with van der Waals surface area (Å²) in [7, 11) is 0. The summed E-state index contributed by atoms with van der Waals surface area (Å²) in [6, 6.07) is 6.41. The molecule has 0 bridgehead atoms. The van der Waals surface area contributed by atoms with Crippen LogP contribution in [-0.4, -0.2) is 16.9 Å². The Labute approximate surface area is 86.3 Å². The Balaban J connectivity index is 3.01. The predicted molar refractivity (Wildman–Crippen MR) is 52.6 cm³/mol. The Kier molecular flexibility index (Phi) is 3.25. The number of hydrogen-bond acceptors (Lipinski definition) is 2. The van der Waals surface area contributed by atoms with Crippen LogP contribution in [0.25, 0.3) is 0 Å². The van der Waals surface area contributed by atoms with Crippen molar-refractivity contribution in [2.45, 2.75) is 6.92 Å². The third-order valence-corrected chi connectivity index (χ3v) is 2.23. The average Bonchev–Trinajstić information content (AvgIpc) is 2.16. The topological polar surface area (TPSA) is 54.4 Å². The van der Waals surface area contributed by atoms with E-state index < -0.39 is 17.7 Å². The first kappa shape index (κ1) is 10.7. The molecule has 0 amide bonds. The Morgan fingerprint density at radius 2 is 1.93 bits per heavy atom. The van der Waals surface area contributed by atoms with Crippen LogP contribution in [0, 0.1) is 5.92 Å². The largest absolute Gasteiger partial charge is 0.481 e. The van der Waals surface area contributed by atoms with Gasteiger partial charge in [-0.1, -0.05) is 23.7 Å². The first-order valence-electron chi connectivity index (χ1n) is 4.05. The lowest BCUT2D eigenvalue weighted by atomic mass is 10.00. The summed E-state index contributed by atoms with van der Waals surface area (Å²) in [5, 5.41) is 8.92. The Hall–Kier alpha value is -1.35. The number of aliphatic carboxylic acids is 1. The van der Waals surface area contributed by atoms with Gasteiger partial charge in [0.05, 0.1) is 5.02 Å². The van der Waals surface area contributed by atoms with Crippen LogP contribution >= 0.6 is 11.6 Å². The summed E-state index contributed by atoms with van der Waals surface area (Å²) in [6.45, 7) is 1.34. The van der Waals surface area contributed by atoms with Crippen LogP contribution in [0.3, 0.4) is 0 Å². The van der Waals surface area contributed by atoms with Crippen LogP contribution in [-0.2, 0) is 4.79 Å². The van der Waals surface area contributed by atoms with Gasteiger partial charge < -0.3 is 5.11 Å². The minimum absolute atomic E-state index is 0.254. The van der Waals surface area contributed by atoms with Gasteiger partial charge in [0.2, 0.25) is 0 Å². The molecule has 0 spiro atoms. The molecular weight excluding hydrogens is 204 g/mol. The molecule has 4 heteroatoms. The lowest BCUT2D eigenvalue weighted by Crippen LogP contribution is -2.20. The molecule has 0 saturated carbocycles. The van der Waals surface area contributed by atoms with Gasteiger partial charge in [-0.2, -0.15) is 0 Å². The van der Waals surface area contributed by atoms with E-state index in [2.05, 4.69) is 0 Å². The van der Waals surface area contributed by atoms with E-state index in [1.165, 1.54) is 13.0 Å². The number of benzene rings is 1. The van der Waals surface area contributed by atoms with Crippen molar-refractivity contribution in [3.05, 3.63) is 34.9 Å². The SMILES string of the molecule is CC(C(=O)O)C(=O)c1ccccc1Cl. The highest BCUT2D eigenvalue weighted by Gasteiger charge is 2.23. The highest BCUT2D eigenvalue weighted by Crippen LogP contribution is 2.18. The van der Waals surface area contributed by atoms with Crippen molar-refractivity contribution in [1.82, 2.24) is 0 Å². The summed E-state index contributed by atoms with van der Waals surface area (Å²) in [5.41, 5.74) is 0.254. The van der Waals surface area contributed by atoms with Gasteiger partial charge >= 0.3 is 5.97 Å². The summed E-state index contributed by atoms with van der Waals surface area (Å²) in [5.74, 6) is -2.67. The molecule has 1 rings (SSSR count). The van der Waals surface area contributed by atoms with Gasteiger partial charge in [-0.05, 0) is 19.1 Å². The zero-order valence-electron chi connectivity index (χ0n) is 7.53. The third kappa shape index (κ3) is 2.12. The molecule has 3 nitrogen and oxygen atoms in total. The maximum atomic E-state index is 11.5. The maximum Gasteiger partial charge on any atom is 0.314 e. The van der Waals surface area contributed by atoms with Crippen molar-refractivity contribution in [3.63, 3.8) is 0 Å². The second-order valence-electron chi connectivity index (χ2n) is 2.90. The summed E-state index contributed by atoms with van der Waals surface area (Å²) >= 11 is 5.75. The number of carbonyl (C=O) groups is 2. The quantitative estimate of drug-likeness (QED) is 0.618. The number of ketones is 1. The first-order valence-corrected chi connectivity index (χ1v) is 4.43. The number of carbonyl (C=O) groups excluding carboxylic acids is 1. The molecule has 1 N–H and O–H groups in total. The van der Waals surface area contributed by atoms with E-state index in [0.717, 1.165) is 0 Å². The number of carboxylic acids is 1. The van der Waals surface area contributed by atoms with Crippen molar-refractivity contribution in [2.75, 3.05) is 0 Å². The first-order chi connectivity index (χ1) is 6.54. The molecule has 14 heavy (non-hydrogen) atoms.